The Morgan fingerprint density at radius 3 is 2.61 bits per heavy atom. The highest BCUT2D eigenvalue weighted by Crippen LogP contribution is 2.46. The molecular formula is C17H15N3O3. The molecule has 2 amide bonds. The third kappa shape index (κ3) is 2.19. The molecule has 2 aromatic rings. The molecule has 0 fully saturated rings. The van der Waals surface area contributed by atoms with Gasteiger partial charge in [-0.1, -0.05) is 30.3 Å². The van der Waals surface area contributed by atoms with Crippen molar-refractivity contribution in [3.8, 4) is 0 Å². The van der Waals surface area contributed by atoms with E-state index in [0.717, 1.165) is 0 Å². The first-order chi connectivity index (χ1) is 11.0. The average Bonchev–Trinajstić information content (AvgIpc) is 2.80. The molecule has 0 spiro atoms. The third-order valence-electron chi connectivity index (χ3n) is 4.34. The molecule has 1 aliphatic rings. The molecule has 3 N–H and O–H groups in total. The third-order valence-corrected chi connectivity index (χ3v) is 4.34. The fourth-order valence-electron chi connectivity index (χ4n) is 3.12. The fraction of sp³-hybridized carbons (Fsp3) is 0.176. The summed E-state index contributed by atoms with van der Waals surface area (Å²) < 4.78 is 0. The van der Waals surface area contributed by atoms with Crippen molar-refractivity contribution in [1.29, 1.82) is 0 Å². The Morgan fingerprint density at radius 1 is 1.30 bits per heavy atom. The highest BCUT2D eigenvalue weighted by atomic mass is 16.2. The topological polar surface area (TPSA) is 102 Å². The number of nitrogens with zero attached hydrogens (tertiary/aromatic N) is 1. The molecule has 2 atom stereocenters. The number of nitrogens with two attached hydrogens (primary N) is 1. The van der Waals surface area contributed by atoms with Crippen LogP contribution in [0.15, 0.2) is 42.6 Å². The Hall–Kier alpha value is -3.02. The summed E-state index contributed by atoms with van der Waals surface area (Å²) in [4.78, 5) is 39.7. The van der Waals surface area contributed by atoms with E-state index < -0.39 is 17.2 Å². The van der Waals surface area contributed by atoms with Gasteiger partial charge in [-0.25, -0.2) is 4.98 Å². The Bertz CT molecular complexity index is 801. The van der Waals surface area contributed by atoms with Gasteiger partial charge in [-0.15, -0.1) is 0 Å². The number of primary amides is 1. The normalized spacial score (nSPS) is 20.5. The van der Waals surface area contributed by atoms with Crippen molar-refractivity contribution in [3.63, 3.8) is 0 Å². The van der Waals surface area contributed by atoms with Crippen LogP contribution in [0.5, 0.6) is 0 Å². The summed E-state index contributed by atoms with van der Waals surface area (Å²) in [7, 11) is 0. The molecule has 0 radical (unpaired) electrons. The van der Waals surface area contributed by atoms with Crippen LogP contribution >= 0.6 is 0 Å². The van der Waals surface area contributed by atoms with Gasteiger partial charge < -0.3 is 11.1 Å². The second kappa shape index (κ2) is 5.31. The Labute approximate surface area is 132 Å². The summed E-state index contributed by atoms with van der Waals surface area (Å²) in [5.74, 6) is -1.36. The lowest BCUT2D eigenvalue weighted by Crippen LogP contribution is -2.43. The SMILES string of the molecule is C[C@]1([C@H](C(N)=O)c2ccc(C=O)cc2)C(=O)Nc2ncccc21. The van der Waals surface area contributed by atoms with Crippen molar-refractivity contribution in [2.24, 2.45) is 5.73 Å². The summed E-state index contributed by atoms with van der Waals surface area (Å²) >= 11 is 0. The van der Waals surface area contributed by atoms with Crippen LogP contribution < -0.4 is 11.1 Å². The van der Waals surface area contributed by atoms with Crippen LogP contribution in [0.3, 0.4) is 0 Å². The van der Waals surface area contributed by atoms with E-state index in [1.807, 2.05) is 0 Å². The monoisotopic (exact) mass is 309 g/mol. The van der Waals surface area contributed by atoms with Gasteiger partial charge in [-0.05, 0) is 18.6 Å². The fourth-order valence-corrected chi connectivity index (χ4v) is 3.12. The minimum absolute atomic E-state index is 0.325. The standard InChI is InChI=1S/C17H15N3O3/c1-17(12-3-2-8-19-15(12)20-16(17)23)13(14(18)22)11-6-4-10(9-21)5-7-11/h2-9,13H,1H3,(H2,18,22)(H,19,20,23)/t13-,17-/m0/s1. The average molecular weight is 309 g/mol. The molecule has 3 rings (SSSR count). The Kier molecular flexibility index (Phi) is 3.44. The van der Waals surface area contributed by atoms with E-state index in [4.69, 9.17) is 5.73 Å². The molecule has 6 nitrogen and oxygen atoms in total. The van der Waals surface area contributed by atoms with Gasteiger partial charge in [-0.3, -0.25) is 14.4 Å². The zero-order chi connectivity index (χ0) is 16.6. The van der Waals surface area contributed by atoms with Crippen molar-refractivity contribution in [3.05, 3.63) is 59.3 Å². The van der Waals surface area contributed by atoms with Gasteiger partial charge in [-0.2, -0.15) is 0 Å². The van der Waals surface area contributed by atoms with Crippen molar-refractivity contribution in [1.82, 2.24) is 4.98 Å². The Balaban J connectivity index is 2.16. The maximum Gasteiger partial charge on any atom is 0.237 e. The first kappa shape index (κ1) is 14.9. The summed E-state index contributed by atoms with van der Waals surface area (Å²) in [6.07, 6.45) is 2.29. The first-order valence-corrected chi connectivity index (χ1v) is 7.10. The zero-order valence-corrected chi connectivity index (χ0v) is 12.4. The summed E-state index contributed by atoms with van der Waals surface area (Å²) in [5.41, 5.74) is 6.16. The van der Waals surface area contributed by atoms with Gasteiger partial charge in [0.15, 0.2) is 0 Å². The molecule has 2 heterocycles. The number of aromatic nitrogens is 1. The van der Waals surface area contributed by atoms with E-state index in [-0.39, 0.29) is 5.91 Å². The minimum atomic E-state index is -1.15. The molecule has 116 valence electrons. The first-order valence-electron chi connectivity index (χ1n) is 7.10. The van der Waals surface area contributed by atoms with Crippen LogP contribution in [0.2, 0.25) is 0 Å². The van der Waals surface area contributed by atoms with Crippen molar-refractivity contribution < 1.29 is 14.4 Å². The largest absolute Gasteiger partial charge is 0.369 e. The van der Waals surface area contributed by atoms with Crippen molar-refractivity contribution in [2.45, 2.75) is 18.3 Å². The van der Waals surface area contributed by atoms with Gasteiger partial charge in [0.2, 0.25) is 11.8 Å². The molecule has 1 aliphatic heterocycles. The number of amides is 2. The number of hydrogen-bond donors (Lipinski definition) is 2. The number of nitrogens with one attached hydrogen (secondary N) is 1. The van der Waals surface area contributed by atoms with Crippen molar-refractivity contribution in [2.75, 3.05) is 5.32 Å². The molecule has 23 heavy (non-hydrogen) atoms. The second-order valence-corrected chi connectivity index (χ2v) is 5.68. The van der Waals surface area contributed by atoms with Gasteiger partial charge in [0, 0.05) is 17.3 Å². The zero-order valence-electron chi connectivity index (χ0n) is 12.4. The second-order valence-electron chi connectivity index (χ2n) is 5.68. The number of benzene rings is 1. The van der Waals surface area contributed by atoms with Crippen LogP contribution in [0, 0.1) is 0 Å². The molecular weight excluding hydrogens is 294 g/mol. The molecule has 1 aromatic carbocycles. The van der Waals surface area contributed by atoms with Gasteiger partial charge in [0.1, 0.15) is 12.1 Å². The number of carbonyl (C=O) groups excluding carboxylic acids is 3. The summed E-state index contributed by atoms with van der Waals surface area (Å²) in [5, 5.41) is 2.70. The van der Waals surface area contributed by atoms with E-state index in [1.165, 1.54) is 0 Å². The van der Waals surface area contributed by atoms with Crippen molar-refractivity contribution >= 4 is 23.9 Å². The van der Waals surface area contributed by atoms with Gasteiger partial charge in [0.25, 0.3) is 0 Å². The Morgan fingerprint density at radius 2 is 2.00 bits per heavy atom. The molecule has 1 aromatic heterocycles. The van der Waals surface area contributed by atoms with Crippen LogP contribution in [0.25, 0.3) is 0 Å². The molecule has 0 bridgehead atoms. The summed E-state index contributed by atoms with van der Waals surface area (Å²) in [6.45, 7) is 1.68. The van der Waals surface area contributed by atoms with E-state index in [2.05, 4.69) is 10.3 Å². The van der Waals surface area contributed by atoms with Gasteiger partial charge in [0.05, 0.1) is 11.3 Å². The number of rotatable bonds is 4. The highest BCUT2D eigenvalue weighted by molar-refractivity contribution is 6.09. The van der Waals surface area contributed by atoms with Crippen LogP contribution in [-0.4, -0.2) is 23.1 Å². The summed E-state index contributed by atoms with van der Waals surface area (Å²) in [6, 6.07) is 9.95. The van der Waals surface area contributed by atoms with E-state index in [9.17, 15) is 14.4 Å². The number of anilines is 1. The lowest BCUT2D eigenvalue weighted by molar-refractivity contribution is -0.128. The number of hydrogen-bond acceptors (Lipinski definition) is 4. The number of aldehydes is 1. The van der Waals surface area contributed by atoms with E-state index >= 15 is 0 Å². The molecule has 0 unspecified atom stereocenters. The number of pyridine rings is 1. The maximum absolute atomic E-state index is 12.6. The van der Waals surface area contributed by atoms with Gasteiger partial charge >= 0.3 is 0 Å². The quantitative estimate of drug-likeness (QED) is 0.833. The number of fused-ring (bicyclic) bond motifs is 1. The lowest BCUT2D eigenvalue weighted by atomic mass is 9.69. The van der Waals surface area contributed by atoms with Crippen LogP contribution in [0.4, 0.5) is 5.82 Å². The molecule has 0 aliphatic carbocycles. The van der Waals surface area contributed by atoms with Crippen LogP contribution in [-0.2, 0) is 15.0 Å². The molecule has 0 saturated heterocycles. The smallest absolute Gasteiger partial charge is 0.237 e. The molecule has 0 saturated carbocycles. The highest BCUT2D eigenvalue weighted by Gasteiger charge is 2.52. The predicted molar refractivity (Wildman–Crippen MR) is 84.0 cm³/mol. The van der Waals surface area contributed by atoms with E-state index in [0.29, 0.717) is 28.8 Å². The van der Waals surface area contributed by atoms with Crippen LogP contribution in [0.1, 0.15) is 34.3 Å². The maximum atomic E-state index is 12.6. The lowest BCUT2D eigenvalue weighted by Gasteiger charge is -2.30. The predicted octanol–water partition coefficient (Wildman–Crippen LogP) is 1.37. The molecule has 6 heteroatoms. The van der Waals surface area contributed by atoms with E-state index in [1.54, 1.807) is 49.5 Å². The minimum Gasteiger partial charge on any atom is -0.369 e. The number of carbonyl (C=O) groups is 3.